The summed E-state index contributed by atoms with van der Waals surface area (Å²) in [6.07, 6.45) is 1.51. The van der Waals surface area contributed by atoms with Crippen molar-refractivity contribution in [1.82, 2.24) is 10.2 Å². The van der Waals surface area contributed by atoms with Crippen LogP contribution in [-0.2, 0) is 16.1 Å². The van der Waals surface area contributed by atoms with Crippen molar-refractivity contribution in [2.24, 2.45) is 0 Å². The Morgan fingerprint density at radius 3 is 2.61 bits per heavy atom. The minimum absolute atomic E-state index is 0.0230. The Labute approximate surface area is 145 Å². The molecule has 0 aliphatic carbocycles. The second kappa shape index (κ2) is 8.52. The van der Waals surface area contributed by atoms with Crippen molar-refractivity contribution in [3.63, 3.8) is 0 Å². The van der Waals surface area contributed by atoms with Crippen molar-refractivity contribution in [3.05, 3.63) is 33.8 Å². The predicted octanol–water partition coefficient (Wildman–Crippen LogP) is 2.94. The van der Waals surface area contributed by atoms with Crippen LogP contribution in [0.2, 0.25) is 10.0 Å². The fraction of sp³-hybridized carbons (Fsp3) is 0.500. The summed E-state index contributed by atoms with van der Waals surface area (Å²) in [7, 11) is 0. The molecule has 1 aromatic rings. The molecular formula is C16H20Cl2N2O3. The topological polar surface area (TPSA) is 69.6 Å². The standard InChI is InChI=1S/C16H20Cl2N2O3/c17-13-3-1-4-14(18)12(13)10-20-8-7-11(9-20)19-15(21)5-2-6-16(22)23/h1,3-4,11H,2,5-10H2,(H,19,21)(H,22,23). The quantitative estimate of drug-likeness (QED) is 0.785. The molecule has 1 fully saturated rings. The zero-order valence-electron chi connectivity index (χ0n) is 12.7. The Hall–Kier alpha value is -1.30. The number of nitrogens with one attached hydrogen (secondary N) is 1. The van der Waals surface area contributed by atoms with Gasteiger partial charge in [0, 0.05) is 54.1 Å². The van der Waals surface area contributed by atoms with Gasteiger partial charge in [-0.25, -0.2) is 0 Å². The molecule has 1 heterocycles. The van der Waals surface area contributed by atoms with Crippen LogP contribution in [0.5, 0.6) is 0 Å². The van der Waals surface area contributed by atoms with Gasteiger partial charge in [-0.05, 0) is 25.0 Å². The second-order valence-corrected chi connectivity index (χ2v) is 6.55. The van der Waals surface area contributed by atoms with E-state index in [9.17, 15) is 9.59 Å². The number of likely N-dealkylation sites (tertiary alicyclic amines) is 1. The molecule has 2 rings (SSSR count). The molecule has 1 unspecified atom stereocenters. The molecule has 1 amide bonds. The van der Waals surface area contributed by atoms with Crippen molar-refractivity contribution in [2.75, 3.05) is 13.1 Å². The first-order chi connectivity index (χ1) is 11.0. The minimum atomic E-state index is -0.874. The number of carboxylic acids is 1. The first kappa shape index (κ1) is 18.0. The molecule has 5 nitrogen and oxygen atoms in total. The van der Waals surface area contributed by atoms with Crippen LogP contribution in [0, 0.1) is 0 Å². The van der Waals surface area contributed by atoms with Gasteiger partial charge >= 0.3 is 5.97 Å². The van der Waals surface area contributed by atoms with Gasteiger partial charge in [0.25, 0.3) is 0 Å². The molecule has 1 aliphatic heterocycles. The molecule has 0 spiro atoms. The predicted molar refractivity (Wildman–Crippen MR) is 89.8 cm³/mol. The number of halogens is 2. The van der Waals surface area contributed by atoms with Gasteiger partial charge in [-0.3, -0.25) is 14.5 Å². The van der Waals surface area contributed by atoms with E-state index in [-0.39, 0.29) is 24.8 Å². The molecule has 0 aromatic heterocycles. The largest absolute Gasteiger partial charge is 0.481 e. The van der Waals surface area contributed by atoms with Crippen molar-refractivity contribution >= 4 is 35.1 Å². The molecule has 23 heavy (non-hydrogen) atoms. The maximum Gasteiger partial charge on any atom is 0.303 e. The van der Waals surface area contributed by atoms with E-state index in [1.165, 1.54) is 0 Å². The molecule has 0 saturated carbocycles. The number of aliphatic carboxylic acids is 1. The summed E-state index contributed by atoms with van der Waals surface area (Å²) in [6, 6.07) is 5.55. The normalized spacial score (nSPS) is 18.1. The zero-order valence-corrected chi connectivity index (χ0v) is 14.2. The average Bonchev–Trinajstić information content (AvgIpc) is 2.90. The van der Waals surface area contributed by atoms with Crippen molar-refractivity contribution < 1.29 is 14.7 Å². The minimum Gasteiger partial charge on any atom is -0.481 e. The van der Waals surface area contributed by atoms with Crippen LogP contribution < -0.4 is 5.32 Å². The van der Waals surface area contributed by atoms with Crippen LogP contribution in [0.3, 0.4) is 0 Å². The summed E-state index contributed by atoms with van der Waals surface area (Å²) in [4.78, 5) is 24.4. The molecule has 1 atom stereocenters. The molecular weight excluding hydrogens is 339 g/mol. The van der Waals surface area contributed by atoms with Crippen LogP contribution in [-0.4, -0.2) is 41.0 Å². The third-order valence-electron chi connectivity index (χ3n) is 3.88. The number of nitrogens with zero attached hydrogens (tertiary/aromatic N) is 1. The van der Waals surface area contributed by atoms with Gasteiger partial charge in [0.05, 0.1) is 0 Å². The van der Waals surface area contributed by atoms with E-state index >= 15 is 0 Å². The number of carbonyl (C=O) groups excluding carboxylic acids is 1. The molecule has 1 aliphatic rings. The smallest absolute Gasteiger partial charge is 0.303 e. The Morgan fingerprint density at radius 2 is 1.96 bits per heavy atom. The van der Waals surface area contributed by atoms with Crippen LogP contribution in [0.15, 0.2) is 18.2 Å². The lowest BCUT2D eigenvalue weighted by molar-refractivity contribution is -0.137. The monoisotopic (exact) mass is 358 g/mol. The van der Waals surface area contributed by atoms with E-state index in [1.807, 2.05) is 18.2 Å². The second-order valence-electron chi connectivity index (χ2n) is 5.74. The van der Waals surface area contributed by atoms with Crippen LogP contribution in [0.25, 0.3) is 0 Å². The zero-order chi connectivity index (χ0) is 16.8. The van der Waals surface area contributed by atoms with E-state index in [4.69, 9.17) is 28.3 Å². The molecule has 1 saturated heterocycles. The molecule has 0 radical (unpaired) electrons. The Bertz CT molecular complexity index is 560. The maximum atomic E-state index is 11.8. The highest BCUT2D eigenvalue weighted by molar-refractivity contribution is 6.35. The summed E-state index contributed by atoms with van der Waals surface area (Å²) in [5.74, 6) is -0.963. The van der Waals surface area contributed by atoms with E-state index in [1.54, 1.807) is 0 Å². The van der Waals surface area contributed by atoms with Gasteiger partial charge in [0.15, 0.2) is 0 Å². The maximum absolute atomic E-state index is 11.8. The van der Waals surface area contributed by atoms with E-state index < -0.39 is 5.97 Å². The van der Waals surface area contributed by atoms with Crippen molar-refractivity contribution in [1.29, 1.82) is 0 Å². The van der Waals surface area contributed by atoms with Gasteiger partial charge < -0.3 is 10.4 Å². The molecule has 126 valence electrons. The Kier molecular flexibility index (Phi) is 6.69. The van der Waals surface area contributed by atoms with Gasteiger partial charge in [-0.2, -0.15) is 0 Å². The van der Waals surface area contributed by atoms with Gasteiger partial charge in [0.1, 0.15) is 0 Å². The Morgan fingerprint density at radius 1 is 1.26 bits per heavy atom. The van der Waals surface area contributed by atoms with Gasteiger partial charge in [-0.15, -0.1) is 0 Å². The number of carbonyl (C=O) groups is 2. The lowest BCUT2D eigenvalue weighted by atomic mass is 10.2. The molecule has 1 aromatic carbocycles. The molecule has 2 N–H and O–H groups in total. The third-order valence-corrected chi connectivity index (χ3v) is 4.58. The van der Waals surface area contributed by atoms with Gasteiger partial charge in [0.2, 0.25) is 5.91 Å². The SMILES string of the molecule is O=C(O)CCCC(=O)NC1CCN(Cc2c(Cl)cccc2Cl)C1. The van der Waals surface area contributed by atoms with Crippen molar-refractivity contribution in [2.45, 2.75) is 38.3 Å². The number of benzene rings is 1. The van der Waals surface area contributed by atoms with Gasteiger partial charge in [-0.1, -0.05) is 29.3 Å². The first-order valence-corrected chi connectivity index (χ1v) is 8.37. The highest BCUT2D eigenvalue weighted by atomic mass is 35.5. The first-order valence-electron chi connectivity index (χ1n) is 7.62. The van der Waals surface area contributed by atoms with E-state index in [0.717, 1.165) is 25.1 Å². The highest BCUT2D eigenvalue weighted by Crippen LogP contribution is 2.27. The van der Waals surface area contributed by atoms with Crippen LogP contribution >= 0.6 is 23.2 Å². The number of hydrogen-bond donors (Lipinski definition) is 2. The van der Waals surface area contributed by atoms with Crippen molar-refractivity contribution in [3.8, 4) is 0 Å². The number of carboxylic acid groups (broad SMARTS) is 1. The summed E-state index contributed by atoms with van der Waals surface area (Å²) >= 11 is 12.4. The third kappa shape index (κ3) is 5.68. The van der Waals surface area contributed by atoms with E-state index in [2.05, 4.69) is 10.2 Å². The number of rotatable bonds is 7. The van der Waals surface area contributed by atoms with E-state index in [0.29, 0.717) is 23.0 Å². The highest BCUT2D eigenvalue weighted by Gasteiger charge is 2.24. The summed E-state index contributed by atoms with van der Waals surface area (Å²) in [5, 5.41) is 12.8. The average molecular weight is 359 g/mol. The lowest BCUT2D eigenvalue weighted by Crippen LogP contribution is -2.36. The molecule has 7 heteroatoms. The fourth-order valence-electron chi connectivity index (χ4n) is 2.70. The fourth-order valence-corrected chi connectivity index (χ4v) is 3.22. The Balaban J connectivity index is 1.78. The van der Waals surface area contributed by atoms with Crippen LogP contribution in [0.4, 0.5) is 0 Å². The number of hydrogen-bond acceptors (Lipinski definition) is 3. The lowest BCUT2D eigenvalue weighted by Gasteiger charge is -2.18. The van der Waals surface area contributed by atoms with Crippen LogP contribution in [0.1, 0.15) is 31.2 Å². The molecule has 0 bridgehead atoms. The number of amides is 1. The summed E-state index contributed by atoms with van der Waals surface area (Å²) < 4.78 is 0. The summed E-state index contributed by atoms with van der Waals surface area (Å²) in [6.45, 7) is 2.26. The summed E-state index contributed by atoms with van der Waals surface area (Å²) in [5.41, 5.74) is 0.907.